The minimum atomic E-state index is -4.16. The van der Waals surface area contributed by atoms with Crippen LogP contribution >= 0.6 is 23.2 Å². The molecule has 0 bridgehead atoms. The molecule has 10 heteroatoms. The molecular formula is C35H37Cl2N3O4S. The van der Waals surface area contributed by atoms with Crippen LogP contribution in [0.4, 0.5) is 5.69 Å². The Morgan fingerprint density at radius 2 is 1.42 bits per heavy atom. The van der Waals surface area contributed by atoms with E-state index < -0.39 is 28.5 Å². The van der Waals surface area contributed by atoms with Gasteiger partial charge < -0.3 is 10.2 Å². The van der Waals surface area contributed by atoms with Gasteiger partial charge in [0, 0.05) is 19.5 Å². The number of hydrogen-bond acceptors (Lipinski definition) is 4. The largest absolute Gasteiger partial charge is 0.354 e. The lowest BCUT2D eigenvalue weighted by molar-refractivity contribution is -0.140. The van der Waals surface area contributed by atoms with Crippen molar-refractivity contribution in [2.75, 3.05) is 17.4 Å². The quantitative estimate of drug-likeness (QED) is 0.168. The van der Waals surface area contributed by atoms with E-state index in [-0.39, 0.29) is 29.7 Å². The van der Waals surface area contributed by atoms with Crippen LogP contribution in [-0.2, 0) is 32.6 Å². The van der Waals surface area contributed by atoms with Crippen LogP contribution in [0.15, 0.2) is 108 Å². The zero-order chi connectivity index (χ0) is 32.6. The molecule has 0 aliphatic heterocycles. The second-order valence-corrected chi connectivity index (χ2v) is 14.0. The zero-order valence-corrected chi connectivity index (χ0v) is 27.8. The first-order valence-electron chi connectivity index (χ1n) is 14.6. The molecule has 1 N–H and O–H groups in total. The third-order valence-electron chi connectivity index (χ3n) is 7.22. The number of nitrogens with zero attached hydrogens (tertiary/aromatic N) is 2. The molecule has 0 radical (unpaired) electrons. The van der Waals surface area contributed by atoms with E-state index in [0.29, 0.717) is 27.8 Å². The van der Waals surface area contributed by atoms with Gasteiger partial charge in [0.05, 0.1) is 20.6 Å². The van der Waals surface area contributed by atoms with Crippen LogP contribution in [0.1, 0.15) is 30.5 Å². The zero-order valence-electron chi connectivity index (χ0n) is 25.5. The average molecular weight is 667 g/mol. The summed E-state index contributed by atoms with van der Waals surface area (Å²) in [6.07, 6.45) is 0.216. The molecule has 0 heterocycles. The minimum absolute atomic E-state index is 0.00452. The number of benzene rings is 4. The molecule has 4 rings (SSSR count). The van der Waals surface area contributed by atoms with E-state index in [2.05, 4.69) is 5.32 Å². The van der Waals surface area contributed by atoms with Gasteiger partial charge in [-0.1, -0.05) is 109 Å². The molecule has 0 aliphatic rings. The summed E-state index contributed by atoms with van der Waals surface area (Å²) < 4.78 is 29.2. The van der Waals surface area contributed by atoms with Crippen LogP contribution in [-0.4, -0.2) is 44.3 Å². The lowest BCUT2D eigenvalue weighted by atomic mass is 10.0. The first kappa shape index (κ1) is 34.0. The normalized spacial score (nSPS) is 12.0. The van der Waals surface area contributed by atoms with E-state index in [0.717, 1.165) is 15.4 Å². The third kappa shape index (κ3) is 9.10. The maximum atomic E-state index is 14.5. The summed E-state index contributed by atoms with van der Waals surface area (Å²) in [6, 6.07) is 28.4. The number of nitrogens with one attached hydrogen (secondary N) is 1. The van der Waals surface area contributed by atoms with Crippen molar-refractivity contribution in [2.24, 2.45) is 5.92 Å². The number of halogens is 2. The first-order valence-corrected chi connectivity index (χ1v) is 16.8. The molecule has 0 saturated carbocycles. The fourth-order valence-electron chi connectivity index (χ4n) is 4.77. The molecular weight excluding hydrogens is 629 g/mol. The highest BCUT2D eigenvalue weighted by Crippen LogP contribution is 2.27. The molecule has 0 spiro atoms. The second-order valence-electron chi connectivity index (χ2n) is 11.3. The predicted octanol–water partition coefficient (Wildman–Crippen LogP) is 6.91. The Balaban J connectivity index is 1.80. The molecule has 0 saturated heterocycles. The maximum absolute atomic E-state index is 14.5. The molecule has 0 aliphatic carbocycles. The van der Waals surface area contributed by atoms with Gasteiger partial charge >= 0.3 is 0 Å². The number of carbonyl (C=O) groups is 2. The van der Waals surface area contributed by atoms with Gasteiger partial charge in [-0.2, -0.15) is 0 Å². The summed E-state index contributed by atoms with van der Waals surface area (Å²) in [7, 11) is -4.16. The monoisotopic (exact) mass is 665 g/mol. The van der Waals surface area contributed by atoms with Crippen molar-refractivity contribution in [3.63, 3.8) is 0 Å². The van der Waals surface area contributed by atoms with Crippen LogP contribution in [0, 0.1) is 12.8 Å². The third-order valence-corrected chi connectivity index (χ3v) is 9.75. The topological polar surface area (TPSA) is 86.8 Å². The molecule has 1 atom stereocenters. The Hall–Kier alpha value is -3.85. The molecule has 236 valence electrons. The fourth-order valence-corrected chi connectivity index (χ4v) is 6.53. The molecule has 7 nitrogen and oxygen atoms in total. The van der Waals surface area contributed by atoms with Crippen LogP contribution in [0.5, 0.6) is 0 Å². The molecule has 4 aromatic carbocycles. The Bertz CT molecular complexity index is 1700. The van der Waals surface area contributed by atoms with Crippen LogP contribution in [0.3, 0.4) is 0 Å². The van der Waals surface area contributed by atoms with Crippen molar-refractivity contribution in [3.8, 4) is 0 Å². The van der Waals surface area contributed by atoms with E-state index in [1.165, 1.54) is 17.0 Å². The highest BCUT2D eigenvalue weighted by molar-refractivity contribution is 7.92. The van der Waals surface area contributed by atoms with E-state index in [4.69, 9.17) is 23.2 Å². The summed E-state index contributed by atoms with van der Waals surface area (Å²) in [5.41, 5.74) is 2.76. The molecule has 2 amide bonds. The summed E-state index contributed by atoms with van der Waals surface area (Å²) >= 11 is 12.5. The number of rotatable bonds is 13. The first-order chi connectivity index (χ1) is 21.5. The molecule has 45 heavy (non-hydrogen) atoms. The van der Waals surface area contributed by atoms with E-state index >= 15 is 0 Å². The Morgan fingerprint density at radius 1 is 0.800 bits per heavy atom. The second kappa shape index (κ2) is 15.4. The van der Waals surface area contributed by atoms with E-state index in [9.17, 15) is 18.0 Å². The number of anilines is 1. The van der Waals surface area contributed by atoms with Gasteiger partial charge in [-0.3, -0.25) is 13.9 Å². The SMILES string of the molecule is Cc1ccc(N(CC(=O)N(Cc2ccc(Cl)c(Cl)c2)[C@@H](Cc2ccccc2)C(=O)NCC(C)C)S(=O)(=O)c2ccccc2)cc1. The van der Waals surface area contributed by atoms with Crippen LogP contribution < -0.4 is 9.62 Å². The van der Waals surface area contributed by atoms with Crippen molar-refractivity contribution >= 4 is 50.7 Å². The van der Waals surface area contributed by atoms with Crippen molar-refractivity contribution in [3.05, 3.63) is 130 Å². The van der Waals surface area contributed by atoms with Gasteiger partial charge in [0.1, 0.15) is 12.6 Å². The highest BCUT2D eigenvalue weighted by atomic mass is 35.5. The average Bonchev–Trinajstić information content (AvgIpc) is 3.03. The molecule has 0 fully saturated rings. The minimum Gasteiger partial charge on any atom is -0.354 e. The van der Waals surface area contributed by atoms with Gasteiger partial charge in [-0.15, -0.1) is 0 Å². The number of hydrogen-bond donors (Lipinski definition) is 1. The molecule has 0 aromatic heterocycles. The van der Waals surface area contributed by atoms with Gasteiger partial charge in [-0.25, -0.2) is 8.42 Å². The Kier molecular flexibility index (Phi) is 11.7. The van der Waals surface area contributed by atoms with Crippen molar-refractivity contribution in [1.82, 2.24) is 10.2 Å². The Morgan fingerprint density at radius 3 is 2.02 bits per heavy atom. The van der Waals surface area contributed by atoms with Gasteiger partial charge in [0.15, 0.2) is 0 Å². The fraction of sp³-hybridized carbons (Fsp3) is 0.257. The number of aryl methyl sites for hydroxylation is 1. The Labute approximate surface area is 275 Å². The van der Waals surface area contributed by atoms with Gasteiger partial charge in [-0.05, 0) is 60.4 Å². The van der Waals surface area contributed by atoms with Gasteiger partial charge in [0.25, 0.3) is 10.0 Å². The summed E-state index contributed by atoms with van der Waals surface area (Å²) in [4.78, 5) is 29.8. The van der Waals surface area contributed by atoms with E-state index in [1.807, 2.05) is 51.1 Å². The van der Waals surface area contributed by atoms with Crippen molar-refractivity contribution in [1.29, 1.82) is 0 Å². The van der Waals surface area contributed by atoms with Crippen molar-refractivity contribution in [2.45, 2.75) is 44.7 Å². The lowest BCUT2D eigenvalue weighted by Gasteiger charge is -2.34. The number of carbonyl (C=O) groups excluding carboxylic acids is 2. The predicted molar refractivity (Wildman–Crippen MR) is 181 cm³/mol. The van der Waals surface area contributed by atoms with E-state index in [1.54, 1.807) is 60.7 Å². The number of amides is 2. The van der Waals surface area contributed by atoms with Crippen molar-refractivity contribution < 1.29 is 18.0 Å². The summed E-state index contributed by atoms with van der Waals surface area (Å²) in [6.45, 7) is 5.74. The molecule has 4 aromatic rings. The lowest BCUT2D eigenvalue weighted by Crippen LogP contribution is -2.53. The summed E-state index contributed by atoms with van der Waals surface area (Å²) in [5.74, 6) is -0.714. The van der Waals surface area contributed by atoms with Gasteiger partial charge in [0.2, 0.25) is 11.8 Å². The smallest absolute Gasteiger partial charge is 0.264 e. The standard InChI is InChI=1S/C35H37Cl2N3O4S/c1-25(2)22-38-35(42)33(21-27-10-6-4-7-11-27)39(23-28-16-19-31(36)32(37)20-28)34(41)24-40(29-17-14-26(3)15-18-29)45(43,44)30-12-8-5-9-13-30/h4-20,25,33H,21-24H2,1-3H3,(H,38,42)/t33-/m0/s1. The van der Waals surface area contributed by atoms with Crippen LogP contribution in [0.25, 0.3) is 0 Å². The maximum Gasteiger partial charge on any atom is 0.264 e. The highest BCUT2D eigenvalue weighted by Gasteiger charge is 2.34. The summed E-state index contributed by atoms with van der Waals surface area (Å²) in [5, 5.41) is 3.64. The number of sulfonamides is 1. The molecule has 0 unspecified atom stereocenters. The van der Waals surface area contributed by atoms with Crippen LogP contribution in [0.2, 0.25) is 10.0 Å².